The van der Waals surface area contributed by atoms with Crippen LogP contribution in [0, 0.1) is 0 Å². The third kappa shape index (κ3) is 3.24. The minimum atomic E-state index is -0.695. The third-order valence-corrected chi connectivity index (χ3v) is 0.961. The third-order valence-electron chi connectivity index (χ3n) is 0.961. The Balaban J connectivity index is 4.39. The summed E-state index contributed by atoms with van der Waals surface area (Å²) in [7, 11) is 2.71. The summed E-state index contributed by atoms with van der Waals surface area (Å²) in [6.45, 7) is 0. The molecule has 0 bridgehead atoms. The lowest BCUT2D eigenvalue weighted by Crippen LogP contribution is -2.20. The van der Waals surface area contributed by atoms with Crippen molar-refractivity contribution in [1.82, 2.24) is 5.32 Å². The molecule has 3 N–H and O–H groups in total. The maximum atomic E-state index is 10.7. The van der Waals surface area contributed by atoms with Gasteiger partial charge in [0.05, 0.1) is 7.11 Å². The van der Waals surface area contributed by atoms with Gasteiger partial charge in [0.15, 0.2) is 0 Å². The molecule has 62 valence electrons. The zero-order valence-electron chi connectivity index (χ0n) is 6.38. The maximum Gasteiger partial charge on any atom is 0.354 e. The van der Waals surface area contributed by atoms with Crippen molar-refractivity contribution in [2.75, 3.05) is 14.2 Å². The van der Waals surface area contributed by atoms with Gasteiger partial charge in [0.2, 0.25) is 5.91 Å². The number of esters is 1. The number of nitrogens with one attached hydrogen (secondary N) is 1. The molecule has 0 aliphatic carbocycles. The number of rotatable bonds is 3. The van der Waals surface area contributed by atoms with Gasteiger partial charge in [-0.25, -0.2) is 4.79 Å². The molecule has 0 fully saturated rings. The minimum Gasteiger partial charge on any atom is -0.464 e. The zero-order valence-corrected chi connectivity index (χ0v) is 6.38. The summed E-state index contributed by atoms with van der Waals surface area (Å²) in [4.78, 5) is 21.0. The Hall–Kier alpha value is -1.52. The standard InChI is InChI=1S/C6H10N2O3/c1-8-4(3-5(7)9)6(10)11-2/h3,8H,1-2H3,(H2,7,9)/b4-3-. The molecule has 0 unspecified atom stereocenters. The van der Waals surface area contributed by atoms with E-state index in [4.69, 9.17) is 5.73 Å². The molecular formula is C6H10N2O3. The first-order valence-electron chi connectivity index (χ1n) is 2.89. The predicted octanol–water partition coefficient (Wildman–Crippen LogP) is -1.25. The van der Waals surface area contributed by atoms with E-state index >= 15 is 0 Å². The minimum absolute atomic E-state index is 0.0417. The summed E-state index contributed by atoms with van der Waals surface area (Å²) in [6, 6.07) is 0. The lowest BCUT2D eigenvalue weighted by Gasteiger charge is -2.01. The molecule has 0 aliphatic heterocycles. The fraction of sp³-hybridized carbons (Fsp3) is 0.333. The first-order valence-corrected chi connectivity index (χ1v) is 2.89. The van der Waals surface area contributed by atoms with Crippen LogP contribution in [0.4, 0.5) is 0 Å². The molecule has 0 saturated carbocycles. The van der Waals surface area contributed by atoms with Gasteiger partial charge in [0, 0.05) is 13.1 Å². The molecule has 0 saturated heterocycles. The van der Waals surface area contributed by atoms with Crippen LogP contribution in [0.5, 0.6) is 0 Å². The Kier molecular flexibility index (Phi) is 3.72. The van der Waals surface area contributed by atoms with Crippen LogP contribution in [0.25, 0.3) is 0 Å². The van der Waals surface area contributed by atoms with E-state index < -0.39 is 11.9 Å². The number of methoxy groups -OCH3 is 1. The first kappa shape index (κ1) is 9.48. The van der Waals surface area contributed by atoms with E-state index in [-0.39, 0.29) is 5.70 Å². The number of carbonyl (C=O) groups is 2. The normalized spacial score (nSPS) is 10.5. The quantitative estimate of drug-likeness (QED) is 0.397. The van der Waals surface area contributed by atoms with Crippen LogP contribution < -0.4 is 11.1 Å². The van der Waals surface area contributed by atoms with Gasteiger partial charge < -0.3 is 15.8 Å². The van der Waals surface area contributed by atoms with Crippen molar-refractivity contribution in [3.63, 3.8) is 0 Å². The monoisotopic (exact) mass is 158 g/mol. The molecule has 0 aromatic heterocycles. The van der Waals surface area contributed by atoms with Crippen molar-refractivity contribution in [3.8, 4) is 0 Å². The number of primary amides is 1. The van der Waals surface area contributed by atoms with Crippen molar-refractivity contribution in [2.45, 2.75) is 0 Å². The molecular weight excluding hydrogens is 148 g/mol. The molecule has 0 rings (SSSR count). The van der Waals surface area contributed by atoms with E-state index in [1.165, 1.54) is 14.2 Å². The molecule has 5 nitrogen and oxygen atoms in total. The van der Waals surface area contributed by atoms with Gasteiger partial charge in [0.25, 0.3) is 0 Å². The Labute approximate surface area is 64.2 Å². The van der Waals surface area contributed by atoms with Crippen LogP contribution in [-0.4, -0.2) is 26.0 Å². The summed E-state index contributed by atoms with van der Waals surface area (Å²) in [5.41, 5.74) is 4.84. The van der Waals surface area contributed by atoms with Crippen LogP contribution in [0.3, 0.4) is 0 Å². The molecule has 0 aromatic carbocycles. The Morgan fingerprint density at radius 3 is 2.36 bits per heavy atom. The maximum absolute atomic E-state index is 10.7. The molecule has 0 atom stereocenters. The average Bonchev–Trinajstić information content (AvgIpc) is 1.98. The SMILES string of the molecule is CN/C(=C\C(N)=O)C(=O)OC. The van der Waals surface area contributed by atoms with Gasteiger partial charge in [-0.3, -0.25) is 4.79 Å². The van der Waals surface area contributed by atoms with Crippen LogP contribution >= 0.6 is 0 Å². The Morgan fingerprint density at radius 1 is 1.55 bits per heavy atom. The van der Waals surface area contributed by atoms with Gasteiger partial charge in [-0.1, -0.05) is 0 Å². The van der Waals surface area contributed by atoms with Crippen LogP contribution in [-0.2, 0) is 14.3 Å². The van der Waals surface area contributed by atoms with Crippen molar-refractivity contribution >= 4 is 11.9 Å². The summed E-state index contributed by atoms with van der Waals surface area (Å²) in [5.74, 6) is -1.31. The number of carbonyl (C=O) groups excluding carboxylic acids is 2. The van der Waals surface area contributed by atoms with Gasteiger partial charge in [0.1, 0.15) is 5.70 Å². The van der Waals surface area contributed by atoms with Crippen LogP contribution in [0.2, 0.25) is 0 Å². The lowest BCUT2D eigenvalue weighted by atomic mass is 10.4. The van der Waals surface area contributed by atoms with E-state index in [0.29, 0.717) is 0 Å². The van der Waals surface area contributed by atoms with E-state index in [1.54, 1.807) is 0 Å². The fourth-order valence-corrected chi connectivity index (χ4v) is 0.485. The number of likely N-dealkylation sites (N-methyl/N-ethyl adjacent to an activating group) is 1. The molecule has 5 heteroatoms. The summed E-state index contributed by atoms with van der Waals surface area (Å²) in [6.07, 6.45) is 0.964. The van der Waals surface area contributed by atoms with Crippen molar-refractivity contribution in [3.05, 3.63) is 11.8 Å². The van der Waals surface area contributed by atoms with Gasteiger partial charge in [-0.2, -0.15) is 0 Å². The van der Waals surface area contributed by atoms with Crippen molar-refractivity contribution < 1.29 is 14.3 Å². The van der Waals surface area contributed by atoms with E-state index in [2.05, 4.69) is 10.1 Å². The van der Waals surface area contributed by atoms with Crippen molar-refractivity contribution in [2.24, 2.45) is 5.73 Å². The smallest absolute Gasteiger partial charge is 0.354 e. The van der Waals surface area contributed by atoms with E-state index in [1.807, 2.05) is 0 Å². The second kappa shape index (κ2) is 4.32. The topological polar surface area (TPSA) is 81.4 Å². The number of nitrogens with two attached hydrogens (primary N) is 1. The van der Waals surface area contributed by atoms with E-state index in [9.17, 15) is 9.59 Å². The Bertz CT molecular complexity index is 198. The van der Waals surface area contributed by atoms with Crippen LogP contribution in [0.1, 0.15) is 0 Å². The van der Waals surface area contributed by atoms with E-state index in [0.717, 1.165) is 6.08 Å². The lowest BCUT2D eigenvalue weighted by molar-refractivity contribution is -0.136. The van der Waals surface area contributed by atoms with Gasteiger partial charge >= 0.3 is 5.97 Å². The van der Waals surface area contributed by atoms with Crippen LogP contribution in [0.15, 0.2) is 11.8 Å². The summed E-state index contributed by atoms with van der Waals surface area (Å²) >= 11 is 0. The molecule has 0 radical (unpaired) electrons. The molecule has 0 aromatic rings. The number of hydrogen-bond acceptors (Lipinski definition) is 4. The Morgan fingerprint density at radius 2 is 2.09 bits per heavy atom. The number of amides is 1. The molecule has 11 heavy (non-hydrogen) atoms. The average molecular weight is 158 g/mol. The second-order valence-corrected chi connectivity index (χ2v) is 1.70. The summed E-state index contributed by atoms with van der Waals surface area (Å²) in [5, 5.41) is 2.47. The highest BCUT2D eigenvalue weighted by molar-refractivity contribution is 5.97. The van der Waals surface area contributed by atoms with Gasteiger partial charge in [-0.05, 0) is 0 Å². The largest absolute Gasteiger partial charge is 0.464 e. The molecule has 0 aliphatic rings. The highest BCUT2D eigenvalue weighted by Gasteiger charge is 2.07. The molecule has 1 amide bonds. The molecule has 0 heterocycles. The first-order chi connectivity index (χ1) is 5.11. The summed E-state index contributed by atoms with van der Waals surface area (Å²) < 4.78 is 4.33. The predicted molar refractivity (Wildman–Crippen MR) is 38.4 cm³/mol. The number of ether oxygens (including phenoxy) is 1. The highest BCUT2D eigenvalue weighted by atomic mass is 16.5. The fourth-order valence-electron chi connectivity index (χ4n) is 0.485. The van der Waals surface area contributed by atoms with Crippen molar-refractivity contribution in [1.29, 1.82) is 0 Å². The highest BCUT2D eigenvalue weighted by Crippen LogP contribution is 1.89. The molecule has 0 spiro atoms. The van der Waals surface area contributed by atoms with Gasteiger partial charge in [-0.15, -0.1) is 0 Å². The second-order valence-electron chi connectivity index (χ2n) is 1.70. The number of hydrogen-bond donors (Lipinski definition) is 2. The zero-order chi connectivity index (χ0) is 8.85.